The van der Waals surface area contributed by atoms with Gasteiger partial charge in [-0.25, -0.2) is 0 Å². The van der Waals surface area contributed by atoms with E-state index in [4.69, 9.17) is 4.74 Å². The highest BCUT2D eigenvalue weighted by Gasteiger charge is 2.31. The highest BCUT2D eigenvalue weighted by Crippen LogP contribution is 2.29. The summed E-state index contributed by atoms with van der Waals surface area (Å²) in [6.45, 7) is 4.90. The van der Waals surface area contributed by atoms with Crippen LogP contribution in [0.1, 0.15) is 51.4 Å². The second-order valence-electron chi connectivity index (χ2n) is 7.66. The number of rotatable bonds is 5. The Morgan fingerprint density at radius 2 is 1.82 bits per heavy atom. The van der Waals surface area contributed by atoms with Crippen LogP contribution in [0.5, 0.6) is 0 Å². The summed E-state index contributed by atoms with van der Waals surface area (Å²) in [5.41, 5.74) is 0. The summed E-state index contributed by atoms with van der Waals surface area (Å²) in [4.78, 5) is 17.6. The van der Waals surface area contributed by atoms with Crippen molar-refractivity contribution in [3.8, 4) is 0 Å². The maximum Gasteiger partial charge on any atom is 0.223 e. The predicted octanol–water partition coefficient (Wildman–Crippen LogP) is 2.53. The Hall–Kier alpha value is -0.610. The monoisotopic (exact) mass is 308 g/mol. The summed E-state index contributed by atoms with van der Waals surface area (Å²) in [5.74, 6) is 1.64. The molecule has 0 radical (unpaired) electrons. The molecule has 1 aliphatic carbocycles. The van der Waals surface area contributed by atoms with Crippen LogP contribution in [0.2, 0.25) is 0 Å². The number of likely N-dealkylation sites (tertiary alicyclic amines) is 1. The van der Waals surface area contributed by atoms with Gasteiger partial charge >= 0.3 is 0 Å². The molecule has 1 saturated carbocycles. The minimum absolute atomic E-state index is 0.424. The standard InChI is InChI=1S/C18H32N2O2/c1-19-9-6-17(7-10-19)20(13-16-8-11-22-14-16)18(21)12-15-4-2-3-5-15/h15-17H,2-14H2,1H3. The quantitative estimate of drug-likeness (QED) is 0.782. The normalized spacial score (nSPS) is 28.3. The van der Waals surface area contributed by atoms with Crippen LogP contribution in [-0.2, 0) is 9.53 Å². The first-order valence-electron chi connectivity index (χ1n) is 9.28. The number of piperidine rings is 1. The highest BCUT2D eigenvalue weighted by atomic mass is 16.5. The molecule has 3 fully saturated rings. The van der Waals surface area contributed by atoms with Crippen LogP contribution in [0.25, 0.3) is 0 Å². The maximum absolute atomic E-state index is 12.9. The molecular weight excluding hydrogens is 276 g/mol. The van der Waals surface area contributed by atoms with Crippen molar-refractivity contribution in [2.75, 3.05) is 39.9 Å². The fraction of sp³-hybridized carbons (Fsp3) is 0.944. The van der Waals surface area contributed by atoms with Gasteiger partial charge in [0.15, 0.2) is 0 Å². The Morgan fingerprint density at radius 1 is 1.09 bits per heavy atom. The second kappa shape index (κ2) is 7.78. The number of hydrogen-bond donors (Lipinski definition) is 0. The van der Waals surface area contributed by atoms with Gasteiger partial charge in [-0.15, -0.1) is 0 Å². The number of amides is 1. The van der Waals surface area contributed by atoms with E-state index in [9.17, 15) is 4.79 Å². The summed E-state index contributed by atoms with van der Waals surface area (Å²) >= 11 is 0. The van der Waals surface area contributed by atoms with Crippen LogP contribution in [0.3, 0.4) is 0 Å². The lowest BCUT2D eigenvalue weighted by Crippen LogP contribution is -2.48. The molecule has 126 valence electrons. The molecule has 0 aromatic rings. The van der Waals surface area contributed by atoms with E-state index in [0.717, 1.165) is 58.5 Å². The van der Waals surface area contributed by atoms with Crippen molar-refractivity contribution in [2.24, 2.45) is 11.8 Å². The van der Waals surface area contributed by atoms with Gasteiger partial charge in [-0.3, -0.25) is 4.79 Å². The molecule has 0 N–H and O–H groups in total. The molecular formula is C18H32N2O2. The average Bonchev–Trinajstić information content (AvgIpc) is 3.19. The van der Waals surface area contributed by atoms with Crippen LogP contribution < -0.4 is 0 Å². The highest BCUT2D eigenvalue weighted by molar-refractivity contribution is 5.77. The fourth-order valence-electron chi connectivity index (χ4n) is 4.35. The van der Waals surface area contributed by atoms with E-state index >= 15 is 0 Å². The van der Waals surface area contributed by atoms with Crippen LogP contribution in [0.4, 0.5) is 0 Å². The van der Waals surface area contributed by atoms with Gasteiger partial charge < -0.3 is 14.5 Å². The number of ether oxygens (including phenoxy) is 1. The molecule has 4 nitrogen and oxygen atoms in total. The van der Waals surface area contributed by atoms with Gasteiger partial charge in [0.2, 0.25) is 5.91 Å². The molecule has 0 aromatic carbocycles. The predicted molar refractivity (Wildman–Crippen MR) is 87.7 cm³/mol. The third kappa shape index (κ3) is 4.23. The minimum Gasteiger partial charge on any atom is -0.381 e. The lowest BCUT2D eigenvalue weighted by molar-refractivity contribution is -0.136. The Bertz CT molecular complexity index is 354. The van der Waals surface area contributed by atoms with Crippen molar-refractivity contribution in [1.29, 1.82) is 0 Å². The van der Waals surface area contributed by atoms with Crippen molar-refractivity contribution in [1.82, 2.24) is 9.80 Å². The molecule has 1 amide bonds. The molecule has 3 aliphatic rings. The summed E-state index contributed by atoms with van der Waals surface area (Å²) in [6.07, 6.45) is 9.37. The first-order chi connectivity index (χ1) is 10.7. The SMILES string of the molecule is CN1CCC(N(CC2CCOC2)C(=O)CC2CCCC2)CC1. The van der Waals surface area contributed by atoms with E-state index in [1.165, 1.54) is 25.7 Å². The van der Waals surface area contributed by atoms with Gasteiger partial charge in [0.25, 0.3) is 0 Å². The summed E-state index contributed by atoms with van der Waals surface area (Å²) < 4.78 is 5.53. The van der Waals surface area contributed by atoms with Gasteiger partial charge in [0.1, 0.15) is 0 Å². The van der Waals surface area contributed by atoms with Gasteiger partial charge in [0, 0.05) is 31.5 Å². The summed E-state index contributed by atoms with van der Waals surface area (Å²) in [5, 5.41) is 0. The average molecular weight is 308 g/mol. The number of carbonyl (C=O) groups is 1. The molecule has 22 heavy (non-hydrogen) atoms. The summed E-state index contributed by atoms with van der Waals surface area (Å²) in [6, 6.07) is 0.464. The number of hydrogen-bond acceptors (Lipinski definition) is 3. The third-order valence-electron chi connectivity index (χ3n) is 5.87. The summed E-state index contributed by atoms with van der Waals surface area (Å²) in [7, 11) is 2.19. The zero-order valence-electron chi connectivity index (χ0n) is 14.1. The second-order valence-corrected chi connectivity index (χ2v) is 7.66. The molecule has 0 spiro atoms. The number of carbonyl (C=O) groups excluding carboxylic acids is 1. The van der Waals surface area contributed by atoms with Crippen LogP contribution in [-0.4, -0.2) is 61.6 Å². The lowest BCUT2D eigenvalue weighted by Gasteiger charge is -2.39. The lowest BCUT2D eigenvalue weighted by atomic mass is 9.97. The van der Waals surface area contributed by atoms with Crippen molar-refractivity contribution in [3.05, 3.63) is 0 Å². The molecule has 4 heteroatoms. The Morgan fingerprint density at radius 3 is 2.45 bits per heavy atom. The van der Waals surface area contributed by atoms with Crippen molar-refractivity contribution in [3.63, 3.8) is 0 Å². The Balaban J connectivity index is 1.60. The van der Waals surface area contributed by atoms with Gasteiger partial charge in [0.05, 0.1) is 6.61 Å². The molecule has 0 aromatic heterocycles. The number of nitrogens with zero attached hydrogens (tertiary/aromatic N) is 2. The molecule has 1 unspecified atom stereocenters. The smallest absolute Gasteiger partial charge is 0.223 e. The van der Waals surface area contributed by atoms with Crippen LogP contribution in [0, 0.1) is 11.8 Å². The Kier molecular flexibility index (Phi) is 5.75. The fourth-order valence-corrected chi connectivity index (χ4v) is 4.35. The molecule has 1 atom stereocenters. The maximum atomic E-state index is 12.9. The first kappa shape index (κ1) is 16.3. The minimum atomic E-state index is 0.424. The van der Waals surface area contributed by atoms with Gasteiger partial charge in [-0.05, 0) is 58.2 Å². The van der Waals surface area contributed by atoms with E-state index in [1.54, 1.807) is 0 Å². The molecule has 0 bridgehead atoms. The van der Waals surface area contributed by atoms with Crippen molar-refractivity contribution >= 4 is 5.91 Å². The van der Waals surface area contributed by atoms with E-state index in [1.807, 2.05) is 0 Å². The van der Waals surface area contributed by atoms with Crippen LogP contribution in [0.15, 0.2) is 0 Å². The molecule has 2 aliphatic heterocycles. The van der Waals surface area contributed by atoms with E-state index in [-0.39, 0.29) is 0 Å². The van der Waals surface area contributed by atoms with E-state index < -0.39 is 0 Å². The molecule has 2 heterocycles. The molecule has 3 rings (SSSR count). The topological polar surface area (TPSA) is 32.8 Å². The molecule has 2 saturated heterocycles. The van der Waals surface area contributed by atoms with E-state index in [2.05, 4.69) is 16.8 Å². The first-order valence-corrected chi connectivity index (χ1v) is 9.28. The largest absolute Gasteiger partial charge is 0.381 e. The van der Waals surface area contributed by atoms with Gasteiger partial charge in [-0.2, -0.15) is 0 Å². The van der Waals surface area contributed by atoms with Gasteiger partial charge in [-0.1, -0.05) is 12.8 Å². The van der Waals surface area contributed by atoms with E-state index in [0.29, 0.717) is 23.8 Å². The Labute approximate surface area is 135 Å². The van der Waals surface area contributed by atoms with Crippen molar-refractivity contribution < 1.29 is 9.53 Å². The van der Waals surface area contributed by atoms with Crippen LogP contribution >= 0.6 is 0 Å². The zero-order chi connectivity index (χ0) is 15.4. The third-order valence-corrected chi connectivity index (χ3v) is 5.87. The zero-order valence-corrected chi connectivity index (χ0v) is 14.1. The van der Waals surface area contributed by atoms with Crippen molar-refractivity contribution in [2.45, 2.75) is 57.4 Å².